The molecule has 2 heterocycles. The van der Waals surface area contributed by atoms with Crippen LogP contribution in [0.3, 0.4) is 0 Å². The summed E-state index contributed by atoms with van der Waals surface area (Å²) in [6, 6.07) is 14.8. The van der Waals surface area contributed by atoms with E-state index < -0.39 is 0 Å². The second-order valence-electron chi connectivity index (χ2n) is 8.13. The molecular formula is C24H28ClN3O3S. The third kappa shape index (κ3) is 5.05. The molecule has 2 saturated heterocycles. The molecule has 2 N–H and O–H groups in total. The summed E-state index contributed by atoms with van der Waals surface area (Å²) < 4.78 is 5.37. The number of nitrogens with zero attached hydrogens (tertiary/aromatic N) is 1. The van der Waals surface area contributed by atoms with Gasteiger partial charge in [-0.05, 0) is 43.0 Å². The smallest absolute Gasteiger partial charge is 0.255 e. The first-order valence-corrected chi connectivity index (χ1v) is 12.2. The van der Waals surface area contributed by atoms with E-state index in [1.807, 2.05) is 41.3 Å². The highest BCUT2D eigenvalue weighted by atomic mass is 35.5. The summed E-state index contributed by atoms with van der Waals surface area (Å²) >= 11 is 7.99. The molecular weight excluding hydrogens is 446 g/mol. The first-order valence-electron chi connectivity index (χ1n) is 10.9. The van der Waals surface area contributed by atoms with Gasteiger partial charge in [0.15, 0.2) is 0 Å². The highest BCUT2D eigenvalue weighted by Gasteiger charge is 2.44. The van der Waals surface area contributed by atoms with Gasteiger partial charge in [0.05, 0.1) is 28.6 Å². The van der Waals surface area contributed by atoms with Crippen LogP contribution in [0.15, 0.2) is 48.5 Å². The molecule has 2 amide bonds. The highest BCUT2D eigenvalue weighted by molar-refractivity contribution is 8.01. The number of hydrogen-bond donors (Lipinski definition) is 2. The quantitative estimate of drug-likeness (QED) is 0.673. The van der Waals surface area contributed by atoms with E-state index in [1.54, 1.807) is 31.0 Å². The predicted molar refractivity (Wildman–Crippen MR) is 128 cm³/mol. The zero-order chi connectivity index (χ0) is 22.6. The van der Waals surface area contributed by atoms with Crippen LogP contribution in [0.4, 0.5) is 0 Å². The lowest BCUT2D eigenvalue weighted by Gasteiger charge is -2.39. The van der Waals surface area contributed by atoms with Crippen LogP contribution in [0.5, 0.6) is 5.75 Å². The van der Waals surface area contributed by atoms with Gasteiger partial charge >= 0.3 is 0 Å². The fraction of sp³-hybridized carbons (Fsp3) is 0.417. The van der Waals surface area contributed by atoms with E-state index in [1.165, 1.54) is 0 Å². The number of piperidine rings is 1. The number of para-hydroxylation sites is 1. The fourth-order valence-corrected chi connectivity index (χ4v) is 5.94. The summed E-state index contributed by atoms with van der Waals surface area (Å²) in [5, 5.41) is 7.08. The minimum atomic E-state index is -0.219. The summed E-state index contributed by atoms with van der Waals surface area (Å²) in [4.78, 5) is 27.2. The maximum absolute atomic E-state index is 12.8. The molecule has 2 aliphatic heterocycles. The molecule has 0 aliphatic carbocycles. The number of halogens is 1. The van der Waals surface area contributed by atoms with Crippen LogP contribution in [0, 0.1) is 0 Å². The molecule has 6 nitrogen and oxygen atoms in total. The monoisotopic (exact) mass is 473 g/mol. The van der Waals surface area contributed by atoms with Crippen molar-refractivity contribution in [2.75, 3.05) is 32.5 Å². The second kappa shape index (κ2) is 10.1. The van der Waals surface area contributed by atoms with E-state index in [0.29, 0.717) is 30.2 Å². The van der Waals surface area contributed by atoms with E-state index in [2.05, 4.69) is 10.6 Å². The van der Waals surface area contributed by atoms with Gasteiger partial charge in [0.2, 0.25) is 5.91 Å². The number of likely N-dealkylation sites (tertiary alicyclic amines) is 1. The van der Waals surface area contributed by atoms with Crippen LogP contribution in [0.25, 0.3) is 0 Å². The Labute approximate surface area is 198 Å². The van der Waals surface area contributed by atoms with Gasteiger partial charge in [0.1, 0.15) is 5.75 Å². The van der Waals surface area contributed by atoms with Crippen molar-refractivity contribution in [1.29, 1.82) is 0 Å². The summed E-state index contributed by atoms with van der Waals surface area (Å²) in [6.45, 7) is 1.85. The van der Waals surface area contributed by atoms with Crippen molar-refractivity contribution in [3.05, 3.63) is 64.7 Å². The molecule has 2 fully saturated rings. The van der Waals surface area contributed by atoms with Gasteiger partial charge in [-0.1, -0.05) is 41.9 Å². The first kappa shape index (κ1) is 23.0. The number of rotatable bonds is 6. The van der Waals surface area contributed by atoms with Crippen LogP contribution in [0.1, 0.15) is 28.8 Å². The molecule has 0 aromatic heterocycles. The average Bonchev–Trinajstić information content (AvgIpc) is 3.23. The molecule has 0 saturated carbocycles. The molecule has 2 aromatic rings. The number of ether oxygens (including phenoxy) is 1. The van der Waals surface area contributed by atoms with E-state index in [4.69, 9.17) is 16.3 Å². The molecule has 2 aliphatic rings. The maximum atomic E-state index is 12.8. The third-order valence-electron chi connectivity index (χ3n) is 6.13. The van der Waals surface area contributed by atoms with Crippen molar-refractivity contribution in [2.24, 2.45) is 0 Å². The lowest BCUT2D eigenvalue weighted by atomic mass is 10.0. The van der Waals surface area contributed by atoms with Crippen LogP contribution in [-0.4, -0.2) is 60.1 Å². The number of methoxy groups -OCH3 is 1. The maximum Gasteiger partial charge on any atom is 0.255 e. The second-order valence-corrected chi connectivity index (χ2v) is 9.94. The number of thioether (sulfide) groups is 1. The van der Waals surface area contributed by atoms with E-state index >= 15 is 0 Å². The average molecular weight is 474 g/mol. The van der Waals surface area contributed by atoms with E-state index in [-0.39, 0.29) is 22.7 Å². The number of carbonyl (C=O) groups is 2. The zero-order valence-electron chi connectivity index (χ0n) is 18.1. The normalized spacial score (nSPS) is 19.7. The standard InChI is InChI=1S/C24H28ClN3O3S/c1-31-21-9-5-2-6-17(21)10-13-26-22(29)20-16-32-24(27-20)11-14-28(15-12-24)23(30)18-7-3-4-8-19(18)25/h2-9,20,27H,10-16H2,1H3,(H,26,29). The Balaban J connectivity index is 1.26. The predicted octanol–water partition coefficient (Wildman–Crippen LogP) is 3.34. The molecule has 32 heavy (non-hydrogen) atoms. The number of hydrogen-bond acceptors (Lipinski definition) is 5. The van der Waals surface area contributed by atoms with Crippen molar-refractivity contribution >= 4 is 35.2 Å². The molecule has 8 heteroatoms. The Bertz CT molecular complexity index is 978. The molecule has 4 rings (SSSR count). The number of nitrogens with one attached hydrogen (secondary N) is 2. The van der Waals surface area contributed by atoms with Gasteiger partial charge in [-0.3, -0.25) is 14.9 Å². The van der Waals surface area contributed by atoms with Gasteiger partial charge in [0.25, 0.3) is 5.91 Å². The van der Waals surface area contributed by atoms with Crippen LogP contribution in [-0.2, 0) is 11.2 Å². The lowest BCUT2D eigenvalue weighted by molar-refractivity contribution is -0.122. The van der Waals surface area contributed by atoms with Crippen molar-refractivity contribution in [3.63, 3.8) is 0 Å². The molecule has 2 aromatic carbocycles. The van der Waals surface area contributed by atoms with Crippen molar-refractivity contribution < 1.29 is 14.3 Å². The van der Waals surface area contributed by atoms with Crippen molar-refractivity contribution in [1.82, 2.24) is 15.5 Å². The summed E-state index contributed by atoms with van der Waals surface area (Å²) in [6.07, 6.45) is 2.33. The van der Waals surface area contributed by atoms with Gasteiger partial charge in [-0.15, -0.1) is 11.8 Å². The van der Waals surface area contributed by atoms with E-state index in [0.717, 1.165) is 36.3 Å². The Morgan fingerprint density at radius 3 is 2.66 bits per heavy atom. The highest BCUT2D eigenvalue weighted by Crippen LogP contribution is 2.39. The Kier molecular flexibility index (Phi) is 7.28. The lowest BCUT2D eigenvalue weighted by Crippen LogP contribution is -2.54. The minimum Gasteiger partial charge on any atom is -0.496 e. The topological polar surface area (TPSA) is 70.7 Å². The van der Waals surface area contributed by atoms with Crippen LogP contribution >= 0.6 is 23.4 Å². The molecule has 170 valence electrons. The van der Waals surface area contributed by atoms with Gasteiger partial charge in [0, 0.05) is 25.4 Å². The summed E-state index contributed by atoms with van der Waals surface area (Å²) in [5.74, 6) is 1.57. The Hall–Kier alpha value is -2.22. The minimum absolute atomic E-state index is 0.0267. The van der Waals surface area contributed by atoms with Gasteiger partial charge in [-0.2, -0.15) is 0 Å². The number of benzene rings is 2. The molecule has 1 spiro atoms. The number of amides is 2. The van der Waals surface area contributed by atoms with Gasteiger partial charge in [-0.25, -0.2) is 0 Å². The largest absolute Gasteiger partial charge is 0.496 e. The summed E-state index contributed by atoms with van der Waals surface area (Å²) in [5.41, 5.74) is 1.63. The van der Waals surface area contributed by atoms with Crippen LogP contribution in [0.2, 0.25) is 5.02 Å². The molecule has 0 radical (unpaired) electrons. The third-order valence-corrected chi connectivity index (χ3v) is 8.04. The van der Waals surface area contributed by atoms with Crippen molar-refractivity contribution in [2.45, 2.75) is 30.2 Å². The first-order chi connectivity index (χ1) is 15.5. The number of carbonyl (C=O) groups excluding carboxylic acids is 2. The molecule has 0 bridgehead atoms. The fourth-order valence-electron chi connectivity index (χ4n) is 4.30. The van der Waals surface area contributed by atoms with Crippen molar-refractivity contribution in [3.8, 4) is 5.75 Å². The Morgan fingerprint density at radius 1 is 1.19 bits per heavy atom. The zero-order valence-corrected chi connectivity index (χ0v) is 19.7. The molecule has 1 unspecified atom stereocenters. The van der Waals surface area contributed by atoms with E-state index in [9.17, 15) is 9.59 Å². The summed E-state index contributed by atoms with van der Waals surface area (Å²) in [7, 11) is 1.66. The van der Waals surface area contributed by atoms with Crippen LogP contribution < -0.4 is 15.4 Å². The van der Waals surface area contributed by atoms with Gasteiger partial charge < -0.3 is 15.0 Å². The SMILES string of the molecule is COc1ccccc1CCNC(=O)C1CSC2(CCN(C(=O)c3ccccc3Cl)CC2)N1. The Morgan fingerprint density at radius 2 is 1.91 bits per heavy atom. The molecule has 1 atom stereocenters.